The maximum Gasteiger partial charge on any atom is 0.339 e. The van der Waals surface area contributed by atoms with Gasteiger partial charge >= 0.3 is 5.97 Å². The number of hydrogen-bond acceptors (Lipinski definition) is 3. The van der Waals surface area contributed by atoms with Gasteiger partial charge in [-0.15, -0.1) is 0 Å². The summed E-state index contributed by atoms with van der Waals surface area (Å²) in [6.07, 6.45) is 3.72. The zero-order chi connectivity index (χ0) is 16.0. The van der Waals surface area contributed by atoms with Crippen molar-refractivity contribution in [1.82, 2.24) is 0 Å². The molecule has 2 aliphatic rings. The maximum atomic E-state index is 11.6. The van der Waals surface area contributed by atoms with Gasteiger partial charge in [0, 0.05) is 11.5 Å². The number of benzene rings is 1. The van der Waals surface area contributed by atoms with Crippen molar-refractivity contribution in [2.45, 2.75) is 58.5 Å². The van der Waals surface area contributed by atoms with Crippen molar-refractivity contribution in [2.24, 2.45) is 11.8 Å². The van der Waals surface area contributed by atoms with Crippen LogP contribution in [0, 0.1) is 11.8 Å². The number of aryl methyl sites for hydroxylation is 1. The molecule has 0 spiro atoms. The average Bonchev–Trinajstić information content (AvgIpc) is 2.84. The first-order valence-corrected chi connectivity index (χ1v) is 8.24. The topological polar surface area (TPSA) is 66.8 Å². The molecule has 0 saturated heterocycles. The predicted octanol–water partition coefficient (Wildman–Crippen LogP) is 3.95. The van der Waals surface area contributed by atoms with E-state index in [1.54, 1.807) is 0 Å². The van der Waals surface area contributed by atoms with Gasteiger partial charge in [0.05, 0.1) is 0 Å². The number of ether oxygens (including phenoxy) is 1. The fourth-order valence-corrected chi connectivity index (χ4v) is 4.17. The first-order chi connectivity index (χ1) is 10.5. The van der Waals surface area contributed by atoms with E-state index in [2.05, 4.69) is 13.8 Å². The molecular formula is C18H24O4. The monoisotopic (exact) mass is 304 g/mol. The van der Waals surface area contributed by atoms with Crippen LogP contribution >= 0.6 is 0 Å². The minimum Gasteiger partial charge on any atom is -0.507 e. The van der Waals surface area contributed by atoms with Crippen molar-refractivity contribution < 1.29 is 19.7 Å². The molecule has 1 aromatic rings. The lowest BCUT2D eigenvalue weighted by atomic mass is 9.71. The third-order valence-electron chi connectivity index (χ3n) is 5.32. The second-order valence-electron chi connectivity index (χ2n) is 6.87. The van der Waals surface area contributed by atoms with Gasteiger partial charge in [0.1, 0.15) is 23.2 Å². The molecule has 2 N–H and O–H groups in total. The number of hydrogen-bond donors (Lipinski definition) is 2. The summed E-state index contributed by atoms with van der Waals surface area (Å²) >= 11 is 0. The number of carboxylic acid groups (broad SMARTS) is 1. The van der Waals surface area contributed by atoms with E-state index in [1.165, 1.54) is 0 Å². The van der Waals surface area contributed by atoms with Gasteiger partial charge < -0.3 is 14.9 Å². The molecule has 3 rings (SSSR count). The Morgan fingerprint density at radius 3 is 2.64 bits per heavy atom. The zero-order valence-electron chi connectivity index (χ0n) is 13.4. The van der Waals surface area contributed by atoms with Gasteiger partial charge in [-0.05, 0) is 42.7 Å². The van der Waals surface area contributed by atoms with E-state index in [1.807, 2.05) is 13.0 Å². The van der Waals surface area contributed by atoms with Gasteiger partial charge in [-0.1, -0.05) is 27.2 Å². The summed E-state index contributed by atoms with van der Waals surface area (Å²) in [6, 6.07) is 1.85. The van der Waals surface area contributed by atoms with Crippen molar-refractivity contribution in [3.8, 4) is 11.5 Å². The Balaban J connectivity index is 2.16. The summed E-state index contributed by atoms with van der Waals surface area (Å²) in [7, 11) is 0. The Kier molecular flexibility index (Phi) is 3.79. The third-order valence-corrected chi connectivity index (χ3v) is 5.32. The zero-order valence-corrected chi connectivity index (χ0v) is 13.4. The smallest absolute Gasteiger partial charge is 0.339 e. The number of fused-ring (bicyclic) bond motifs is 3. The molecule has 22 heavy (non-hydrogen) atoms. The molecule has 0 radical (unpaired) electrons. The highest BCUT2D eigenvalue weighted by Crippen LogP contribution is 2.54. The van der Waals surface area contributed by atoms with Gasteiger partial charge in [0.2, 0.25) is 0 Å². The van der Waals surface area contributed by atoms with Crippen molar-refractivity contribution >= 4 is 5.97 Å². The molecule has 1 aliphatic carbocycles. The highest BCUT2D eigenvalue weighted by atomic mass is 16.5. The molecule has 1 saturated carbocycles. The van der Waals surface area contributed by atoms with Crippen molar-refractivity contribution in [3.05, 3.63) is 22.8 Å². The van der Waals surface area contributed by atoms with Gasteiger partial charge in [-0.3, -0.25) is 0 Å². The van der Waals surface area contributed by atoms with Crippen LogP contribution in [-0.4, -0.2) is 22.3 Å². The second-order valence-corrected chi connectivity index (χ2v) is 6.87. The Labute approximate surface area is 131 Å². The van der Waals surface area contributed by atoms with Crippen LogP contribution in [0.4, 0.5) is 0 Å². The van der Waals surface area contributed by atoms with Crippen LogP contribution in [0.5, 0.6) is 11.5 Å². The van der Waals surface area contributed by atoms with E-state index >= 15 is 0 Å². The Morgan fingerprint density at radius 2 is 2.00 bits per heavy atom. The second kappa shape index (κ2) is 5.49. The largest absolute Gasteiger partial charge is 0.507 e. The fraction of sp³-hybridized carbons (Fsp3) is 0.611. The van der Waals surface area contributed by atoms with Crippen LogP contribution in [0.3, 0.4) is 0 Å². The summed E-state index contributed by atoms with van der Waals surface area (Å²) in [4.78, 5) is 11.6. The molecule has 1 fully saturated rings. The van der Waals surface area contributed by atoms with Gasteiger partial charge in [0.25, 0.3) is 0 Å². The van der Waals surface area contributed by atoms with Crippen LogP contribution in [0.1, 0.15) is 67.4 Å². The normalized spacial score (nSPS) is 29.6. The first-order valence-electron chi connectivity index (χ1n) is 8.24. The third kappa shape index (κ3) is 2.16. The van der Waals surface area contributed by atoms with E-state index in [-0.39, 0.29) is 23.3 Å². The molecule has 2 unspecified atom stereocenters. The number of aromatic carboxylic acids is 1. The van der Waals surface area contributed by atoms with Crippen LogP contribution in [0.2, 0.25) is 0 Å². The van der Waals surface area contributed by atoms with Gasteiger partial charge in [-0.2, -0.15) is 0 Å². The lowest BCUT2D eigenvalue weighted by Gasteiger charge is -2.35. The lowest BCUT2D eigenvalue weighted by molar-refractivity contribution is 0.0691. The predicted molar refractivity (Wildman–Crippen MR) is 83.8 cm³/mol. The minimum atomic E-state index is -1.05. The number of carbonyl (C=O) groups is 1. The quantitative estimate of drug-likeness (QED) is 0.887. The summed E-state index contributed by atoms with van der Waals surface area (Å²) in [5.41, 5.74) is 1.46. The van der Waals surface area contributed by atoms with E-state index in [4.69, 9.17) is 4.74 Å². The highest BCUT2D eigenvalue weighted by molar-refractivity contribution is 5.94. The van der Waals surface area contributed by atoms with Crippen molar-refractivity contribution in [1.29, 1.82) is 0 Å². The highest BCUT2D eigenvalue weighted by Gasteiger charge is 2.46. The molecule has 4 heteroatoms. The average molecular weight is 304 g/mol. The number of carboxylic acids is 1. The van der Waals surface area contributed by atoms with Crippen molar-refractivity contribution in [2.75, 3.05) is 0 Å². The molecule has 0 aromatic heterocycles. The number of rotatable bonds is 3. The van der Waals surface area contributed by atoms with Crippen LogP contribution < -0.4 is 4.74 Å². The maximum absolute atomic E-state index is 11.6. The molecule has 120 valence electrons. The minimum absolute atomic E-state index is 0.0585. The SMILES string of the molecule is CCCc1cc2c(c(O)c1C(=O)O)C1C(O2)[C@H](C)CC[C@H]1C. The van der Waals surface area contributed by atoms with Gasteiger partial charge in [0.15, 0.2) is 0 Å². The van der Waals surface area contributed by atoms with E-state index in [0.29, 0.717) is 29.6 Å². The summed E-state index contributed by atoms with van der Waals surface area (Å²) in [5.74, 6) is 0.502. The molecule has 0 bridgehead atoms. The molecule has 1 aliphatic heterocycles. The molecule has 4 nitrogen and oxygen atoms in total. The standard InChI is InChI=1S/C18H24O4/c1-4-5-11-8-12-15(16(19)14(11)18(20)21)13-9(2)6-7-10(3)17(13)22-12/h8-10,13,17,19H,4-7H2,1-3H3,(H,20,21)/t9-,10-,13?,17?/m1/s1. The fourth-order valence-electron chi connectivity index (χ4n) is 4.17. The molecule has 1 aromatic carbocycles. The van der Waals surface area contributed by atoms with E-state index in [0.717, 1.165) is 24.8 Å². The van der Waals surface area contributed by atoms with Crippen LogP contribution in [-0.2, 0) is 6.42 Å². The van der Waals surface area contributed by atoms with Crippen molar-refractivity contribution in [3.63, 3.8) is 0 Å². The molecular weight excluding hydrogens is 280 g/mol. The van der Waals surface area contributed by atoms with Gasteiger partial charge in [-0.25, -0.2) is 4.79 Å². The molecule has 1 heterocycles. The molecule has 4 atom stereocenters. The summed E-state index contributed by atoms with van der Waals surface area (Å²) in [6.45, 7) is 6.35. The first kappa shape index (κ1) is 15.2. The lowest BCUT2D eigenvalue weighted by Crippen LogP contribution is -2.35. The van der Waals surface area contributed by atoms with E-state index in [9.17, 15) is 15.0 Å². The number of aromatic hydroxyl groups is 1. The summed E-state index contributed by atoms with van der Waals surface area (Å²) in [5, 5.41) is 20.2. The Hall–Kier alpha value is -1.71. The Morgan fingerprint density at radius 1 is 1.32 bits per heavy atom. The Bertz CT molecular complexity index is 608. The van der Waals surface area contributed by atoms with E-state index < -0.39 is 5.97 Å². The van der Waals surface area contributed by atoms with Crippen LogP contribution in [0.15, 0.2) is 6.07 Å². The van der Waals surface area contributed by atoms with Crippen LogP contribution in [0.25, 0.3) is 0 Å². The number of phenols is 1. The summed E-state index contributed by atoms with van der Waals surface area (Å²) < 4.78 is 6.14. The molecule has 0 amide bonds.